The second-order valence-electron chi connectivity index (χ2n) is 9.83. The van der Waals surface area contributed by atoms with Crippen LogP contribution in [0.4, 0.5) is 10.6 Å². The average molecular weight is 424 g/mol. The lowest BCUT2D eigenvalue weighted by Gasteiger charge is -2.42. The molecule has 2 aliphatic rings. The second kappa shape index (κ2) is 8.45. The number of piperidine rings is 1. The van der Waals surface area contributed by atoms with Crippen molar-refractivity contribution in [2.24, 2.45) is 0 Å². The minimum atomic E-state index is -0.868. The first-order chi connectivity index (χ1) is 13.9. The van der Waals surface area contributed by atoms with Crippen molar-refractivity contribution in [1.29, 1.82) is 0 Å². The molecule has 0 aromatic carbocycles. The number of carbonyl (C=O) groups excluding carboxylic acids is 1. The molecule has 1 aromatic heterocycles. The van der Waals surface area contributed by atoms with Crippen molar-refractivity contribution in [1.82, 2.24) is 10.1 Å². The predicted molar refractivity (Wildman–Crippen MR) is 110 cm³/mol. The number of ether oxygens (including phenoxy) is 2. The van der Waals surface area contributed by atoms with Crippen LogP contribution in [-0.2, 0) is 19.7 Å². The van der Waals surface area contributed by atoms with Gasteiger partial charge in [-0.3, -0.25) is 4.79 Å². The number of anilines is 1. The van der Waals surface area contributed by atoms with Crippen molar-refractivity contribution in [3.05, 3.63) is 11.8 Å². The maximum atomic E-state index is 12.1. The highest BCUT2D eigenvalue weighted by Gasteiger charge is 2.36. The van der Waals surface area contributed by atoms with Crippen LogP contribution in [0.15, 0.2) is 10.6 Å². The van der Waals surface area contributed by atoms with Crippen LogP contribution in [-0.4, -0.2) is 71.2 Å². The fourth-order valence-electron chi connectivity index (χ4n) is 3.68. The molecule has 1 N–H and O–H groups in total. The zero-order chi connectivity index (χ0) is 22.1. The number of rotatable bonds is 6. The number of aliphatic carboxylic acids is 1. The molecular formula is C21H33N3O6. The molecule has 1 amide bonds. The molecule has 0 atom stereocenters. The highest BCUT2D eigenvalue weighted by molar-refractivity contribution is 5.69. The van der Waals surface area contributed by atoms with Crippen LogP contribution in [0, 0.1) is 0 Å². The van der Waals surface area contributed by atoms with E-state index in [1.54, 1.807) is 4.90 Å². The molecule has 3 rings (SSSR count). The van der Waals surface area contributed by atoms with Gasteiger partial charge in [-0.05, 0) is 33.6 Å². The van der Waals surface area contributed by atoms with Gasteiger partial charge in [0.1, 0.15) is 11.4 Å². The molecule has 168 valence electrons. The third-order valence-corrected chi connectivity index (χ3v) is 5.41. The Morgan fingerprint density at radius 2 is 1.80 bits per heavy atom. The normalized spacial score (nSPS) is 19.0. The first-order valence-electron chi connectivity index (χ1n) is 10.5. The van der Waals surface area contributed by atoms with Crippen molar-refractivity contribution in [2.45, 2.75) is 77.1 Å². The van der Waals surface area contributed by atoms with E-state index >= 15 is 0 Å². The molecule has 2 saturated heterocycles. The molecule has 30 heavy (non-hydrogen) atoms. The van der Waals surface area contributed by atoms with E-state index in [9.17, 15) is 9.59 Å². The van der Waals surface area contributed by atoms with Gasteiger partial charge in [-0.15, -0.1) is 0 Å². The molecule has 0 spiro atoms. The van der Waals surface area contributed by atoms with E-state index in [-0.39, 0.29) is 24.7 Å². The number of amides is 1. The van der Waals surface area contributed by atoms with Crippen LogP contribution in [0.25, 0.3) is 0 Å². The Labute approximate surface area is 177 Å². The SMILES string of the molecule is CC(C)(C)OC(=O)N1CCC(OC2CN(c3cc(C(C)(C)CC(=O)O)on3)C2)CC1. The molecule has 0 unspecified atom stereocenters. The number of hydrogen-bond donors (Lipinski definition) is 1. The van der Waals surface area contributed by atoms with Gasteiger partial charge in [0.05, 0.1) is 18.6 Å². The van der Waals surface area contributed by atoms with Crippen LogP contribution < -0.4 is 4.90 Å². The predicted octanol–water partition coefficient (Wildman–Crippen LogP) is 3.03. The summed E-state index contributed by atoms with van der Waals surface area (Å²) in [6.45, 7) is 12.0. The number of nitrogens with zero attached hydrogens (tertiary/aromatic N) is 3. The molecule has 0 radical (unpaired) electrons. The fraction of sp³-hybridized carbons (Fsp3) is 0.762. The summed E-state index contributed by atoms with van der Waals surface area (Å²) in [5, 5.41) is 13.1. The topological polar surface area (TPSA) is 105 Å². The van der Waals surface area contributed by atoms with Crippen LogP contribution in [0.1, 0.15) is 59.6 Å². The Kier molecular flexibility index (Phi) is 6.31. The third kappa shape index (κ3) is 5.65. The minimum Gasteiger partial charge on any atom is -0.481 e. The first-order valence-corrected chi connectivity index (χ1v) is 10.5. The Morgan fingerprint density at radius 3 is 2.37 bits per heavy atom. The van der Waals surface area contributed by atoms with Crippen molar-refractivity contribution in [2.75, 3.05) is 31.1 Å². The highest BCUT2D eigenvalue weighted by Crippen LogP contribution is 2.32. The summed E-state index contributed by atoms with van der Waals surface area (Å²) in [5.74, 6) is 0.412. The molecule has 2 aliphatic heterocycles. The van der Waals surface area contributed by atoms with Crippen LogP contribution in [0.3, 0.4) is 0 Å². The van der Waals surface area contributed by atoms with Crippen LogP contribution in [0.5, 0.6) is 0 Å². The summed E-state index contributed by atoms with van der Waals surface area (Å²) in [7, 11) is 0. The van der Waals surface area contributed by atoms with E-state index in [2.05, 4.69) is 10.1 Å². The molecule has 0 saturated carbocycles. The largest absolute Gasteiger partial charge is 0.481 e. The summed E-state index contributed by atoms with van der Waals surface area (Å²) in [5.41, 5.74) is -1.09. The van der Waals surface area contributed by atoms with E-state index in [4.69, 9.17) is 19.1 Å². The maximum Gasteiger partial charge on any atom is 0.410 e. The summed E-state index contributed by atoms with van der Waals surface area (Å²) >= 11 is 0. The lowest BCUT2D eigenvalue weighted by Crippen LogP contribution is -2.54. The number of likely N-dealkylation sites (tertiary alicyclic amines) is 1. The van der Waals surface area contributed by atoms with E-state index < -0.39 is 17.0 Å². The van der Waals surface area contributed by atoms with Crippen molar-refractivity contribution in [3.63, 3.8) is 0 Å². The molecule has 9 heteroatoms. The molecule has 0 aliphatic carbocycles. The van der Waals surface area contributed by atoms with Gasteiger partial charge in [0.25, 0.3) is 0 Å². The van der Waals surface area contributed by atoms with E-state index in [1.165, 1.54) is 0 Å². The zero-order valence-corrected chi connectivity index (χ0v) is 18.5. The summed E-state index contributed by atoms with van der Waals surface area (Å²) < 4.78 is 17.0. The fourth-order valence-corrected chi connectivity index (χ4v) is 3.68. The van der Waals surface area contributed by atoms with Gasteiger partial charge < -0.3 is 28.9 Å². The summed E-state index contributed by atoms with van der Waals surface area (Å²) in [4.78, 5) is 27.0. The third-order valence-electron chi connectivity index (χ3n) is 5.41. The number of carbonyl (C=O) groups is 2. The van der Waals surface area contributed by atoms with Gasteiger partial charge in [0, 0.05) is 37.7 Å². The van der Waals surface area contributed by atoms with Crippen LogP contribution in [0.2, 0.25) is 0 Å². The Hall–Kier alpha value is -2.29. The second-order valence-corrected chi connectivity index (χ2v) is 9.83. The number of hydrogen-bond acceptors (Lipinski definition) is 7. The highest BCUT2D eigenvalue weighted by atomic mass is 16.6. The lowest BCUT2D eigenvalue weighted by atomic mass is 9.86. The number of carboxylic acids is 1. The van der Waals surface area contributed by atoms with Gasteiger partial charge in [0.15, 0.2) is 5.82 Å². The Morgan fingerprint density at radius 1 is 1.17 bits per heavy atom. The smallest absolute Gasteiger partial charge is 0.410 e. The van der Waals surface area contributed by atoms with Gasteiger partial charge in [-0.25, -0.2) is 4.79 Å². The quantitative estimate of drug-likeness (QED) is 0.744. The van der Waals surface area contributed by atoms with E-state index in [0.717, 1.165) is 25.9 Å². The van der Waals surface area contributed by atoms with Gasteiger partial charge in [-0.1, -0.05) is 19.0 Å². The van der Waals surface area contributed by atoms with E-state index in [0.29, 0.717) is 24.7 Å². The maximum absolute atomic E-state index is 12.1. The van der Waals surface area contributed by atoms with Crippen molar-refractivity contribution in [3.8, 4) is 0 Å². The zero-order valence-electron chi connectivity index (χ0n) is 18.5. The molecule has 2 fully saturated rings. The Balaban J connectivity index is 1.41. The first kappa shape index (κ1) is 22.4. The molecule has 0 bridgehead atoms. The van der Waals surface area contributed by atoms with Crippen molar-refractivity contribution >= 4 is 17.9 Å². The molecule has 1 aromatic rings. The van der Waals surface area contributed by atoms with Gasteiger partial charge >= 0.3 is 12.1 Å². The summed E-state index contributed by atoms with van der Waals surface area (Å²) in [6.07, 6.45) is 1.58. The molecular weight excluding hydrogens is 390 g/mol. The minimum absolute atomic E-state index is 0.0185. The number of aromatic nitrogens is 1. The van der Waals surface area contributed by atoms with Gasteiger partial charge in [0.2, 0.25) is 0 Å². The monoisotopic (exact) mass is 423 g/mol. The standard InChI is InChI=1S/C21H33N3O6/c1-20(2,3)29-19(27)23-8-6-14(7-9-23)28-15-12-24(13-15)17-10-16(30-22-17)21(4,5)11-18(25)26/h10,14-15H,6-9,11-13H2,1-5H3,(H,25,26). The van der Waals surface area contributed by atoms with Gasteiger partial charge in [-0.2, -0.15) is 0 Å². The lowest BCUT2D eigenvalue weighted by molar-refractivity contribution is -0.138. The summed E-state index contributed by atoms with van der Waals surface area (Å²) in [6, 6.07) is 1.82. The number of carboxylic acid groups (broad SMARTS) is 1. The van der Waals surface area contributed by atoms with Crippen LogP contribution >= 0.6 is 0 Å². The Bertz CT molecular complexity index is 755. The van der Waals surface area contributed by atoms with E-state index in [1.807, 2.05) is 40.7 Å². The average Bonchev–Trinajstić information content (AvgIpc) is 3.06. The molecule has 3 heterocycles. The molecule has 9 nitrogen and oxygen atoms in total. The van der Waals surface area contributed by atoms with Crippen molar-refractivity contribution < 1.29 is 28.7 Å².